The molecule has 1 rings (SSSR count). The minimum absolute atomic E-state index is 0.112. The van der Waals surface area contributed by atoms with Crippen molar-refractivity contribution in [2.45, 2.75) is 52.6 Å². The van der Waals surface area contributed by atoms with Gasteiger partial charge in [0.2, 0.25) is 12.0 Å². The van der Waals surface area contributed by atoms with Gasteiger partial charge in [0.25, 0.3) is 0 Å². The number of aryl methyl sites for hydroxylation is 2. The SMILES string of the molecule is CCCC(=O)C(F)C(=O)c1ccc(CC)c(CC)c1. The van der Waals surface area contributed by atoms with Crippen LogP contribution in [0.15, 0.2) is 18.2 Å². The van der Waals surface area contributed by atoms with Crippen LogP contribution in [0.25, 0.3) is 0 Å². The normalized spacial score (nSPS) is 12.2. The largest absolute Gasteiger partial charge is 0.296 e. The molecule has 1 unspecified atom stereocenters. The molecule has 0 N–H and O–H groups in total. The minimum atomic E-state index is -2.02. The maximum absolute atomic E-state index is 13.8. The van der Waals surface area contributed by atoms with Gasteiger partial charge in [-0.15, -0.1) is 0 Å². The quantitative estimate of drug-likeness (QED) is 0.556. The number of benzene rings is 1. The predicted molar refractivity (Wildman–Crippen MR) is 74.3 cm³/mol. The van der Waals surface area contributed by atoms with Crippen molar-refractivity contribution in [3.63, 3.8) is 0 Å². The third kappa shape index (κ3) is 3.72. The zero-order valence-corrected chi connectivity index (χ0v) is 11.8. The average Bonchev–Trinajstić information content (AvgIpc) is 2.45. The second-order valence-corrected chi connectivity index (χ2v) is 4.63. The molecular weight excluding hydrogens is 243 g/mol. The van der Waals surface area contributed by atoms with Crippen molar-refractivity contribution < 1.29 is 14.0 Å². The molecule has 0 radical (unpaired) electrons. The molecule has 0 aromatic heterocycles. The van der Waals surface area contributed by atoms with Crippen molar-refractivity contribution in [3.05, 3.63) is 34.9 Å². The van der Waals surface area contributed by atoms with E-state index < -0.39 is 17.7 Å². The number of Topliss-reactive ketones (excluding diaryl/α,β-unsaturated/α-hetero) is 2. The summed E-state index contributed by atoms with van der Waals surface area (Å²) in [4.78, 5) is 23.4. The molecule has 1 aromatic carbocycles. The second kappa shape index (κ2) is 7.17. The number of carbonyl (C=O) groups excluding carboxylic acids is 2. The number of hydrogen-bond acceptors (Lipinski definition) is 2. The van der Waals surface area contributed by atoms with Crippen molar-refractivity contribution in [3.8, 4) is 0 Å². The summed E-state index contributed by atoms with van der Waals surface area (Å²) in [5.41, 5.74) is 2.50. The summed E-state index contributed by atoms with van der Waals surface area (Å²) >= 11 is 0. The number of carbonyl (C=O) groups is 2. The van der Waals surface area contributed by atoms with Crippen molar-refractivity contribution in [1.29, 1.82) is 0 Å². The molecule has 104 valence electrons. The highest BCUT2D eigenvalue weighted by molar-refractivity contribution is 6.13. The fourth-order valence-electron chi connectivity index (χ4n) is 2.12. The molecule has 0 bridgehead atoms. The van der Waals surface area contributed by atoms with E-state index in [9.17, 15) is 14.0 Å². The molecule has 1 atom stereocenters. The molecule has 0 saturated heterocycles. The van der Waals surface area contributed by atoms with E-state index >= 15 is 0 Å². The molecule has 0 saturated carbocycles. The van der Waals surface area contributed by atoms with Gasteiger partial charge in [-0.3, -0.25) is 9.59 Å². The third-order valence-corrected chi connectivity index (χ3v) is 3.26. The molecular formula is C16H21FO2. The molecule has 0 aliphatic carbocycles. The van der Waals surface area contributed by atoms with E-state index in [-0.39, 0.29) is 6.42 Å². The Morgan fingerprint density at radius 3 is 2.26 bits per heavy atom. The third-order valence-electron chi connectivity index (χ3n) is 3.26. The average molecular weight is 264 g/mol. The van der Waals surface area contributed by atoms with Crippen LogP contribution in [-0.4, -0.2) is 17.7 Å². The summed E-state index contributed by atoms with van der Waals surface area (Å²) in [5.74, 6) is -1.33. The predicted octanol–water partition coefficient (Wildman–Crippen LogP) is 3.70. The molecule has 0 heterocycles. The Morgan fingerprint density at radius 2 is 1.74 bits per heavy atom. The lowest BCUT2D eigenvalue weighted by Gasteiger charge is -2.10. The summed E-state index contributed by atoms with van der Waals surface area (Å²) in [6.07, 6.45) is 0.328. The van der Waals surface area contributed by atoms with Gasteiger partial charge in [-0.1, -0.05) is 32.9 Å². The van der Waals surface area contributed by atoms with Gasteiger partial charge in [-0.25, -0.2) is 4.39 Å². The fraction of sp³-hybridized carbons (Fsp3) is 0.500. The van der Waals surface area contributed by atoms with E-state index in [1.807, 2.05) is 19.9 Å². The molecule has 19 heavy (non-hydrogen) atoms. The van der Waals surface area contributed by atoms with Crippen molar-refractivity contribution in [2.75, 3.05) is 0 Å². The first-order chi connectivity index (χ1) is 9.04. The van der Waals surface area contributed by atoms with E-state index in [1.54, 1.807) is 19.1 Å². The first-order valence-electron chi connectivity index (χ1n) is 6.87. The Labute approximate surface area is 114 Å². The number of halogens is 1. The van der Waals surface area contributed by atoms with Crippen LogP contribution in [-0.2, 0) is 17.6 Å². The first kappa shape index (κ1) is 15.5. The summed E-state index contributed by atoms with van der Waals surface area (Å²) in [6.45, 7) is 5.83. The lowest BCUT2D eigenvalue weighted by molar-refractivity contribution is -0.122. The Bertz CT molecular complexity index is 466. The van der Waals surface area contributed by atoms with Gasteiger partial charge in [-0.2, -0.15) is 0 Å². The molecule has 0 aliphatic rings. The summed E-state index contributed by atoms with van der Waals surface area (Å²) in [7, 11) is 0. The number of ketones is 2. The summed E-state index contributed by atoms with van der Waals surface area (Å²) in [5, 5.41) is 0. The van der Waals surface area contributed by atoms with E-state index in [2.05, 4.69) is 0 Å². The first-order valence-corrected chi connectivity index (χ1v) is 6.87. The van der Waals surface area contributed by atoms with E-state index in [1.165, 1.54) is 0 Å². The zero-order valence-electron chi connectivity index (χ0n) is 11.8. The number of rotatable bonds is 7. The van der Waals surface area contributed by atoms with Gasteiger partial charge in [0, 0.05) is 12.0 Å². The highest BCUT2D eigenvalue weighted by Gasteiger charge is 2.26. The molecule has 1 aromatic rings. The fourth-order valence-corrected chi connectivity index (χ4v) is 2.12. The second-order valence-electron chi connectivity index (χ2n) is 4.63. The highest BCUT2D eigenvalue weighted by Crippen LogP contribution is 2.17. The minimum Gasteiger partial charge on any atom is -0.296 e. The van der Waals surface area contributed by atoms with Crippen LogP contribution in [0.5, 0.6) is 0 Å². The highest BCUT2D eigenvalue weighted by atomic mass is 19.1. The molecule has 0 fully saturated rings. The van der Waals surface area contributed by atoms with Crippen LogP contribution in [0.4, 0.5) is 4.39 Å². The van der Waals surface area contributed by atoms with E-state index in [4.69, 9.17) is 0 Å². The van der Waals surface area contributed by atoms with Crippen molar-refractivity contribution in [1.82, 2.24) is 0 Å². The standard InChI is InChI=1S/C16H21FO2/c1-4-7-14(18)15(17)16(19)13-9-8-11(5-2)12(6-3)10-13/h8-10,15H,4-7H2,1-3H3. The number of hydrogen-bond donors (Lipinski definition) is 0. The molecule has 0 aliphatic heterocycles. The van der Waals surface area contributed by atoms with Gasteiger partial charge in [0.1, 0.15) is 0 Å². The van der Waals surface area contributed by atoms with Gasteiger partial charge < -0.3 is 0 Å². The van der Waals surface area contributed by atoms with Crippen LogP contribution < -0.4 is 0 Å². The maximum Gasteiger partial charge on any atom is 0.220 e. The van der Waals surface area contributed by atoms with Crippen LogP contribution in [0.3, 0.4) is 0 Å². The van der Waals surface area contributed by atoms with Gasteiger partial charge in [-0.05, 0) is 36.5 Å². The molecule has 2 nitrogen and oxygen atoms in total. The topological polar surface area (TPSA) is 34.1 Å². The van der Waals surface area contributed by atoms with Crippen LogP contribution in [0.1, 0.15) is 55.1 Å². The summed E-state index contributed by atoms with van der Waals surface area (Å²) < 4.78 is 13.8. The lowest BCUT2D eigenvalue weighted by atomic mass is 9.95. The monoisotopic (exact) mass is 264 g/mol. The van der Waals surface area contributed by atoms with Crippen LogP contribution in [0.2, 0.25) is 0 Å². The lowest BCUT2D eigenvalue weighted by Crippen LogP contribution is -2.25. The van der Waals surface area contributed by atoms with Crippen LogP contribution in [0, 0.1) is 0 Å². The number of alkyl halides is 1. The molecule has 0 spiro atoms. The Hall–Kier alpha value is -1.51. The van der Waals surface area contributed by atoms with Crippen molar-refractivity contribution >= 4 is 11.6 Å². The zero-order chi connectivity index (χ0) is 14.4. The van der Waals surface area contributed by atoms with Gasteiger partial charge in [0.15, 0.2) is 5.78 Å². The Kier molecular flexibility index (Phi) is 5.87. The Morgan fingerprint density at radius 1 is 1.11 bits per heavy atom. The summed E-state index contributed by atoms with van der Waals surface area (Å²) in [6, 6.07) is 5.18. The maximum atomic E-state index is 13.8. The van der Waals surface area contributed by atoms with E-state index in [0.717, 1.165) is 24.0 Å². The molecule has 3 heteroatoms. The van der Waals surface area contributed by atoms with Gasteiger partial charge in [0.05, 0.1) is 0 Å². The Balaban J connectivity index is 2.97. The van der Waals surface area contributed by atoms with E-state index in [0.29, 0.717) is 12.0 Å². The van der Waals surface area contributed by atoms with Crippen molar-refractivity contribution in [2.24, 2.45) is 0 Å². The van der Waals surface area contributed by atoms with Gasteiger partial charge >= 0.3 is 0 Å². The van der Waals surface area contributed by atoms with Crippen LogP contribution >= 0.6 is 0 Å². The smallest absolute Gasteiger partial charge is 0.220 e. The molecule has 0 amide bonds.